The van der Waals surface area contributed by atoms with Crippen LogP contribution in [0.5, 0.6) is 5.75 Å². The first-order chi connectivity index (χ1) is 14.1. The van der Waals surface area contributed by atoms with Crippen molar-refractivity contribution in [3.63, 3.8) is 0 Å². The molecule has 0 aromatic carbocycles. The molecule has 9 heteroatoms. The van der Waals surface area contributed by atoms with E-state index < -0.39 is 0 Å². The minimum absolute atomic E-state index is 0.170. The Labute approximate surface area is 165 Å². The molecule has 0 aliphatic carbocycles. The maximum Gasteiger partial charge on any atom is 0.266 e. The summed E-state index contributed by atoms with van der Waals surface area (Å²) in [6, 6.07) is 7.83. The van der Waals surface area contributed by atoms with E-state index in [0.29, 0.717) is 35.7 Å². The van der Waals surface area contributed by atoms with E-state index >= 15 is 0 Å². The molecular formula is C20H20N4O5. The molecule has 4 heterocycles. The fraction of sp³-hybridized carbons (Fsp3) is 0.300. The highest BCUT2D eigenvalue weighted by Gasteiger charge is 2.25. The third kappa shape index (κ3) is 3.58. The Morgan fingerprint density at radius 1 is 1.28 bits per heavy atom. The summed E-state index contributed by atoms with van der Waals surface area (Å²) in [5, 5.41) is 7.07. The second kappa shape index (κ2) is 7.78. The van der Waals surface area contributed by atoms with Crippen molar-refractivity contribution in [3.8, 4) is 17.2 Å². The van der Waals surface area contributed by atoms with Gasteiger partial charge in [0.25, 0.3) is 17.0 Å². The van der Waals surface area contributed by atoms with Gasteiger partial charge in [-0.3, -0.25) is 14.4 Å². The molecule has 0 saturated carbocycles. The smallest absolute Gasteiger partial charge is 0.266 e. The fourth-order valence-corrected chi connectivity index (χ4v) is 3.51. The lowest BCUT2D eigenvalue weighted by Gasteiger charge is -2.14. The minimum atomic E-state index is -0.345. The molecule has 1 aliphatic heterocycles. The van der Waals surface area contributed by atoms with E-state index in [2.05, 4.69) is 10.4 Å². The highest BCUT2D eigenvalue weighted by atomic mass is 16.5. The summed E-state index contributed by atoms with van der Waals surface area (Å²) < 4.78 is 13.4. The summed E-state index contributed by atoms with van der Waals surface area (Å²) in [6.45, 7) is 0.975. The normalized spacial score (nSPS) is 12.6. The predicted molar refractivity (Wildman–Crippen MR) is 104 cm³/mol. The van der Waals surface area contributed by atoms with Crippen molar-refractivity contribution >= 4 is 5.91 Å². The molecular weight excluding hydrogens is 376 g/mol. The van der Waals surface area contributed by atoms with Crippen LogP contribution >= 0.6 is 0 Å². The van der Waals surface area contributed by atoms with Crippen LogP contribution in [0.1, 0.15) is 22.5 Å². The number of fused-ring (bicyclic) bond motifs is 1. The summed E-state index contributed by atoms with van der Waals surface area (Å²) in [4.78, 5) is 37.0. The molecule has 0 radical (unpaired) electrons. The number of nitrogens with zero attached hydrogens (tertiary/aromatic N) is 3. The van der Waals surface area contributed by atoms with Crippen molar-refractivity contribution < 1.29 is 13.9 Å². The number of pyridine rings is 1. The maximum absolute atomic E-state index is 12.8. The SMILES string of the molecule is COc1cc(=O)n2c(c1C(=O)NCCn1nc(-c3ccco3)ccc1=O)CCC2. The van der Waals surface area contributed by atoms with Crippen molar-refractivity contribution in [1.82, 2.24) is 19.7 Å². The Kier molecular flexibility index (Phi) is 5.03. The van der Waals surface area contributed by atoms with Crippen LogP contribution in [0.2, 0.25) is 0 Å². The number of hydrogen-bond acceptors (Lipinski definition) is 6. The number of hydrogen-bond donors (Lipinski definition) is 1. The molecule has 150 valence electrons. The van der Waals surface area contributed by atoms with Crippen LogP contribution in [-0.2, 0) is 19.5 Å². The largest absolute Gasteiger partial charge is 0.496 e. The Morgan fingerprint density at radius 3 is 2.90 bits per heavy atom. The average Bonchev–Trinajstić information content (AvgIpc) is 3.41. The van der Waals surface area contributed by atoms with Gasteiger partial charge in [-0.15, -0.1) is 0 Å². The number of furan rings is 1. The number of nitrogens with one attached hydrogen (secondary N) is 1. The predicted octanol–water partition coefficient (Wildman–Crippen LogP) is 1.05. The summed E-state index contributed by atoms with van der Waals surface area (Å²) >= 11 is 0. The molecule has 1 amide bonds. The average molecular weight is 396 g/mol. The summed E-state index contributed by atoms with van der Waals surface area (Å²) in [5.74, 6) is 0.469. The van der Waals surface area contributed by atoms with Crippen LogP contribution in [0, 0.1) is 0 Å². The zero-order valence-electron chi connectivity index (χ0n) is 15.9. The zero-order valence-corrected chi connectivity index (χ0v) is 15.9. The number of rotatable bonds is 6. The fourth-order valence-electron chi connectivity index (χ4n) is 3.51. The van der Waals surface area contributed by atoms with Crippen LogP contribution in [0.3, 0.4) is 0 Å². The van der Waals surface area contributed by atoms with E-state index in [9.17, 15) is 14.4 Å². The first-order valence-corrected chi connectivity index (χ1v) is 9.29. The van der Waals surface area contributed by atoms with Gasteiger partial charge in [-0.1, -0.05) is 0 Å². The lowest BCUT2D eigenvalue weighted by Crippen LogP contribution is -2.33. The molecule has 3 aromatic rings. The third-order valence-corrected chi connectivity index (χ3v) is 4.87. The van der Waals surface area contributed by atoms with E-state index in [4.69, 9.17) is 9.15 Å². The Hall–Kier alpha value is -3.62. The number of methoxy groups -OCH3 is 1. The molecule has 9 nitrogen and oxygen atoms in total. The summed E-state index contributed by atoms with van der Waals surface area (Å²) in [7, 11) is 1.43. The van der Waals surface area contributed by atoms with Crippen LogP contribution in [-0.4, -0.2) is 33.9 Å². The molecule has 3 aromatic heterocycles. The van der Waals surface area contributed by atoms with Gasteiger partial charge in [-0.05, 0) is 31.0 Å². The number of ether oxygens (including phenoxy) is 1. The molecule has 29 heavy (non-hydrogen) atoms. The van der Waals surface area contributed by atoms with Gasteiger partial charge in [-0.2, -0.15) is 5.10 Å². The van der Waals surface area contributed by atoms with E-state index in [1.807, 2.05) is 0 Å². The van der Waals surface area contributed by atoms with Gasteiger partial charge < -0.3 is 19.0 Å². The van der Waals surface area contributed by atoms with Crippen LogP contribution in [0.4, 0.5) is 0 Å². The van der Waals surface area contributed by atoms with Gasteiger partial charge in [-0.25, -0.2) is 4.68 Å². The number of carbonyl (C=O) groups is 1. The summed E-state index contributed by atoms with van der Waals surface area (Å²) in [5.41, 5.74) is 1.13. The van der Waals surface area contributed by atoms with Gasteiger partial charge in [0.1, 0.15) is 17.0 Å². The molecule has 0 unspecified atom stereocenters. The first-order valence-electron chi connectivity index (χ1n) is 9.29. The van der Waals surface area contributed by atoms with Gasteiger partial charge in [0, 0.05) is 30.9 Å². The Morgan fingerprint density at radius 2 is 2.14 bits per heavy atom. The topological polar surface area (TPSA) is 108 Å². The van der Waals surface area contributed by atoms with Crippen LogP contribution in [0.25, 0.3) is 11.5 Å². The molecule has 0 atom stereocenters. The van der Waals surface area contributed by atoms with Gasteiger partial charge in [0.05, 0.1) is 19.9 Å². The Bertz CT molecular complexity index is 1160. The molecule has 0 spiro atoms. The number of carbonyl (C=O) groups excluding carboxylic acids is 1. The van der Waals surface area contributed by atoms with Crippen molar-refractivity contribution in [2.45, 2.75) is 25.9 Å². The third-order valence-electron chi connectivity index (χ3n) is 4.87. The van der Waals surface area contributed by atoms with Crippen LogP contribution < -0.4 is 21.2 Å². The standard InChI is InChI=1S/C20H20N4O5/c1-28-16-12-18(26)23-9-2-4-14(23)19(16)20(27)21-8-10-24-17(25)7-6-13(22-24)15-5-3-11-29-15/h3,5-7,11-12H,2,4,8-10H2,1H3,(H,21,27). The quantitative estimate of drug-likeness (QED) is 0.667. The maximum atomic E-state index is 12.8. The number of amides is 1. The number of aromatic nitrogens is 3. The van der Waals surface area contributed by atoms with Gasteiger partial charge >= 0.3 is 0 Å². The van der Waals surface area contributed by atoms with Crippen molar-refractivity contribution in [1.29, 1.82) is 0 Å². The Balaban J connectivity index is 1.51. The second-order valence-electron chi connectivity index (χ2n) is 6.64. The van der Waals surface area contributed by atoms with Gasteiger partial charge in [0.2, 0.25) is 0 Å². The lowest BCUT2D eigenvalue weighted by atomic mass is 10.1. The molecule has 0 bridgehead atoms. The highest BCUT2D eigenvalue weighted by Crippen LogP contribution is 2.25. The van der Waals surface area contributed by atoms with Crippen molar-refractivity contribution in [2.75, 3.05) is 13.7 Å². The van der Waals surface area contributed by atoms with Gasteiger partial charge in [0.15, 0.2) is 5.76 Å². The molecule has 1 aliphatic rings. The molecule has 0 fully saturated rings. The molecule has 1 N–H and O–H groups in total. The van der Waals surface area contributed by atoms with E-state index in [-0.39, 0.29) is 35.9 Å². The molecule has 0 saturated heterocycles. The second-order valence-corrected chi connectivity index (χ2v) is 6.64. The highest BCUT2D eigenvalue weighted by molar-refractivity contribution is 5.98. The lowest BCUT2D eigenvalue weighted by molar-refractivity contribution is 0.0947. The monoisotopic (exact) mass is 396 g/mol. The first kappa shape index (κ1) is 18.7. The summed E-state index contributed by atoms with van der Waals surface area (Å²) in [6.07, 6.45) is 2.98. The van der Waals surface area contributed by atoms with Crippen molar-refractivity contribution in [2.24, 2.45) is 0 Å². The minimum Gasteiger partial charge on any atom is -0.496 e. The zero-order chi connectivity index (χ0) is 20.4. The van der Waals surface area contributed by atoms with Crippen molar-refractivity contribution in [3.05, 3.63) is 68.6 Å². The van der Waals surface area contributed by atoms with Crippen LogP contribution in [0.15, 0.2) is 50.6 Å². The molecule has 4 rings (SSSR count). The van der Waals surface area contributed by atoms with E-state index in [1.165, 1.54) is 30.2 Å². The van der Waals surface area contributed by atoms with E-state index in [1.54, 1.807) is 22.8 Å². The van der Waals surface area contributed by atoms with E-state index in [0.717, 1.165) is 6.42 Å².